The number of rotatable bonds is 1. The molecule has 3 unspecified atom stereocenters. The lowest BCUT2D eigenvalue weighted by Gasteiger charge is -2.54. The van der Waals surface area contributed by atoms with E-state index < -0.39 is 11.0 Å². The molecule has 2 saturated carbocycles. The van der Waals surface area contributed by atoms with Crippen LogP contribution < -0.4 is 0 Å². The summed E-state index contributed by atoms with van der Waals surface area (Å²) in [5.74, 6) is 1.47. The smallest absolute Gasteiger partial charge is 0.0863 e. The van der Waals surface area contributed by atoms with E-state index in [0.29, 0.717) is 17.3 Å². The molecule has 0 aromatic heterocycles. The Morgan fingerprint density at radius 2 is 1.62 bits per heavy atom. The number of hydrogen-bond acceptors (Lipinski definition) is 2. The zero-order chi connectivity index (χ0) is 15.9. The summed E-state index contributed by atoms with van der Waals surface area (Å²) in [5.41, 5.74) is -0.971. The van der Waals surface area contributed by atoms with Gasteiger partial charge in [-0.3, -0.25) is 0 Å². The largest absolute Gasteiger partial charge is 0.388 e. The summed E-state index contributed by atoms with van der Waals surface area (Å²) in [6.45, 7) is 11.3. The molecule has 120 valence electrons. The van der Waals surface area contributed by atoms with Gasteiger partial charge in [-0.2, -0.15) is 5.26 Å². The predicted molar refractivity (Wildman–Crippen MR) is 86.6 cm³/mol. The second-order valence-corrected chi connectivity index (χ2v) is 9.05. The van der Waals surface area contributed by atoms with Crippen molar-refractivity contribution in [1.29, 1.82) is 5.26 Å². The first kappa shape index (κ1) is 16.8. The zero-order valence-corrected chi connectivity index (χ0v) is 14.6. The van der Waals surface area contributed by atoms with Crippen molar-refractivity contribution in [3.05, 3.63) is 0 Å². The quantitative estimate of drug-likeness (QED) is 0.745. The van der Waals surface area contributed by atoms with Crippen molar-refractivity contribution in [2.45, 2.75) is 85.2 Å². The number of nitrogens with zero attached hydrogens (tertiary/aromatic N) is 1. The fourth-order valence-corrected chi connectivity index (χ4v) is 4.89. The summed E-state index contributed by atoms with van der Waals surface area (Å²) in [6.07, 6.45) is 6.97. The summed E-state index contributed by atoms with van der Waals surface area (Å²) in [4.78, 5) is 0. The lowest BCUT2D eigenvalue weighted by molar-refractivity contribution is -0.148. The van der Waals surface area contributed by atoms with Gasteiger partial charge >= 0.3 is 0 Å². The van der Waals surface area contributed by atoms with Gasteiger partial charge in [-0.25, -0.2) is 0 Å². The standard InChI is InChI=1S/C19H33NO/c1-14-6-7-15(2)19(21,12-14)18(13-20)10-8-16(9-11-18)17(3,4)5/h14-16,21H,6-12H2,1-5H3. The van der Waals surface area contributed by atoms with Crippen molar-refractivity contribution in [2.75, 3.05) is 0 Å². The molecule has 0 aromatic carbocycles. The van der Waals surface area contributed by atoms with E-state index in [0.717, 1.165) is 38.5 Å². The number of nitriles is 1. The zero-order valence-electron chi connectivity index (χ0n) is 14.6. The molecule has 2 aliphatic rings. The Morgan fingerprint density at radius 1 is 1.05 bits per heavy atom. The fraction of sp³-hybridized carbons (Fsp3) is 0.947. The van der Waals surface area contributed by atoms with E-state index in [2.05, 4.69) is 40.7 Å². The van der Waals surface area contributed by atoms with Crippen molar-refractivity contribution < 1.29 is 5.11 Å². The van der Waals surface area contributed by atoms with Crippen molar-refractivity contribution in [1.82, 2.24) is 0 Å². The molecule has 0 radical (unpaired) electrons. The minimum Gasteiger partial charge on any atom is -0.388 e. The molecule has 2 heteroatoms. The van der Waals surface area contributed by atoms with Crippen LogP contribution in [0.3, 0.4) is 0 Å². The molecule has 0 aliphatic heterocycles. The van der Waals surface area contributed by atoms with E-state index in [-0.39, 0.29) is 5.92 Å². The molecule has 2 aliphatic carbocycles. The maximum atomic E-state index is 11.5. The first-order valence-electron chi connectivity index (χ1n) is 8.78. The van der Waals surface area contributed by atoms with Crippen molar-refractivity contribution >= 4 is 0 Å². The van der Waals surface area contributed by atoms with E-state index in [4.69, 9.17) is 0 Å². The fourth-order valence-electron chi connectivity index (χ4n) is 4.89. The maximum Gasteiger partial charge on any atom is 0.0863 e. The number of aliphatic hydroxyl groups is 1. The Hall–Kier alpha value is -0.550. The lowest BCUT2D eigenvalue weighted by Crippen LogP contribution is -2.56. The SMILES string of the molecule is CC1CCC(C)C(O)(C2(C#N)CCC(C(C)(C)C)CC2)C1. The highest BCUT2D eigenvalue weighted by Crippen LogP contribution is 2.56. The molecular weight excluding hydrogens is 258 g/mol. The van der Waals surface area contributed by atoms with Gasteiger partial charge in [0.25, 0.3) is 0 Å². The molecule has 0 aromatic rings. The highest BCUT2D eigenvalue weighted by Gasteiger charge is 2.57. The topological polar surface area (TPSA) is 44.0 Å². The van der Waals surface area contributed by atoms with Gasteiger partial charge in [0.2, 0.25) is 0 Å². The van der Waals surface area contributed by atoms with Crippen LogP contribution in [0, 0.1) is 39.9 Å². The van der Waals surface area contributed by atoms with Gasteiger partial charge in [-0.15, -0.1) is 0 Å². The van der Waals surface area contributed by atoms with Gasteiger partial charge in [0.1, 0.15) is 0 Å². The lowest BCUT2D eigenvalue weighted by atomic mass is 9.52. The third-order valence-electron chi connectivity index (χ3n) is 6.67. The van der Waals surface area contributed by atoms with Gasteiger partial charge in [0.15, 0.2) is 0 Å². The summed E-state index contributed by atoms with van der Waals surface area (Å²) in [6, 6.07) is 2.60. The van der Waals surface area contributed by atoms with Crippen LogP contribution in [0.4, 0.5) is 0 Å². The summed E-state index contributed by atoms with van der Waals surface area (Å²) in [5, 5.41) is 21.4. The van der Waals surface area contributed by atoms with Gasteiger partial charge in [0.05, 0.1) is 17.1 Å². The molecule has 2 nitrogen and oxygen atoms in total. The van der Waals surface area contributed by atoms with E-state index in [1.807, 2.05) is 0 Å². The molecule has 0 spiro atoms. The van der Waals surface area contributed by atoms with Gasteiger partial charge in [-0.1, -0.05) is 41.0 Å². The van der Waals surface area contributed by atoms with Crippen molar-refractivity contribution in [3.63, 3.8) is 0 Å². The van der Waals surface area contributed by atoms with Gasteiger partial charge in [0, 0.05) is 0 Å². The Balaban J connectivity index is 2.22. The summed E-state index contributed by atoms with van der Waals surface area (Å²) >= 11 is 0. The summed E-state index contributed by atoms with van der Waals surface area (Å²) < 4.78 is 0. The monoisotopic (exact) mass is 291 g/mol. The molecular formula is C19H33NO. The molecule has 0 heterocycles. The van der Waals surface area contributed by atoms with E-state index in [9.17, 15) is 10.4 Å². The van der Waals surface area contributed by atoms with Crippen LogP contribution in [-0.4, -0.2) is 10.7 Å². The average Bonchev–Trinajstić information content (AvgIpc) is 2.42. The summed E-state index contributed by atoms with van der Waals surface area (Å²) in [7, 11) is 0. The molecule has 2 fully saturated rings. The second kappa shape index (κ2) is 5.58. The maximum absolute atomic E-state index is 11.5. The van der Waals surface area contributed by atoms with E-state index in [1.165, 1.54) is 6.42 Å². The van der Waals surface area contributed by atoms with Crippen LogP contribution in [0.2, 0.25) is 0 Å². The minimum atomic E-state index is -0.776. The predicted octanol–water partition coefficient (Wildman–Crippen LogP) is 4.92. The Labute approximate surface area is 130 Å². The molecule has 1 N–H and O–H groups in total. The van der Waals surface area contributed by atoms with Gasteiger partial charge in [-0.05, 0) is 61.7 Å². The van der Waals surface area contributed by atoms with Crippen molar-refractivity contribution in [2.24, 2.45) is 28.6 Å². The molecule has 0 bridgehead atoms. The average molecular weight is 291 g/mol. The Kier molecular flexibility index (Phi) is 4.47. The molecule has 0 amide bonds. The molecule has 21 heavy (non-hydrogen) atoms. The van der Waals surface area contributed by atoms with Crippen molar-refractivity contribution in [3.8, 4) is 6.07 Å². The van der Waals surface area contributed by atoms with Crippen LogP contribution in [0.25, 0.3) is 0 Å². The molecule has 2 rings (SSSR count). The van der Waals surface area contributed by atoms with Crippen LogP contribution >= 0.6 is 0 Å². The second-order valence-electron chi connectivity index (χ2n) is 9.05. The van der Waals surface area contributed by atoms with Gasteiger partial charge < -0.3 is 5.11 Å². The third-order valence-corrected chi connectivity index (χ3v) is 6.67. The number of hydrogen-bond donors (Lipinski definition) is 1. The molecule has 3 atom stereocenters. The highest BCUT2D eigenvalue weighted by atomic mass is 16.3. The van der Waals surface area contributed by atoms with Crippen LogP contribution in [-0.2, 0) is 0 Å². The third kappa shape index (κ3) is 2.87. The van der Waals surface area contributed by atoms with Crippen LogP contribution in [0.15, 0.2) is 0 Å². The van der Waals surface area contributed by atoms with Crippen LogP contribution in [0.5, 0.6) is 0 Å². The first-order valence-corrected chi connectivity index (χ1v) is 8.78. The normalized spacial score (nSPS) is 45.1. The van der Waals surface area contributed by atoms with E-state index in [1.54, 1.807) is 0 Å². The Bertz CT molecular complexity index is 408. The minimum absolute atomic E-state index is 0.250. The van der Waals surface area contributed by atoms with E-state index >= 15 is 0 Å². The van der Waals surface area contributed by atoms with Crippen LogP contribution in [0.1, 0.15) is 79.6 Å². The first-order chi connectivity index (χ1) is 9.64. The molecule has 0 saturated heterocycles. The highest BCUT2D eigenvalue weighted by molar-refractivity contribution is 5.16. The Morgan fingerprint density at radius 3 is 2.10 bits per heavy atom.